The number of carbonyl (C=O) groups is 1. The molecule has 110 valence electrons. The molecule has 2 rings (SSSR count). The van der Waals surface area contributed by atoms with Gasteiger partial charge in [-0.1, -0.05) is 5.16 Å². The first-order valence-corrected chi connectivity index (χ1v) is 6.82. The van der Waals surface area contributed by atoms with Crippen molar-refractivity contribution in [2.75, 3.05) is 24.7 Å². The number of thiophene rings is 1. The molecular weight excluding hydrogens is 294 g/mol. The van der Waals surface area contributed by atoms with Crippen molar-refractivity contribution in [1.82, 2.24) is 10.1 Å². The summed E-state index contributed by atoms with van der Waals surface area (Å²) in [5.74, 6) is 0.503. The lowest BCUT2D eigenvalue weighted by Crippen LogP contribution is -2.06. The number of hydrogen-bond donors (Lipinski definition) is 2. The predicted molar refractivity (Wildman–Crippen MR) is 76.0 cm³/mol. The molecule has 2 aromatic heterocycles. The van der Waals surface area contributed by atoms with Gasteiger partial charge in [-0.15, -0.1) is 11.3 Å². The second kappa shape index (κ2) is 6.23. The Balaban J connectivity index is 2.09. The molecule has 0 aliphatic carbocycles. The Hall–Kier alpha value is -2.60. The highest BCUT2D eigenvalue weighted by atomic mass is 32.1. The van der Waals surface area contributed by atoms with Gasteiger partial charge in [-0.05, 0) is 0 Å². The Morgan fingerprint density at radius 2 is 2.38 bits per heavy atom. The van der Waals surface area contributed by atoms with Gasteiger partial charge >= 0.3 is 5.97 Å². The van der Waals surface area contributed by atoms with Crippen LogP contribution in [0.4, 0.5) is 10.7 Å². The molecule has 0 saturated carbocycles. The summed E-state index contributed by atoms with van der Waals surface area (Å²) in [5.41, 5.74) is 6.16. The molecule has 0 aliphatic rings. The summed E-state index contributed by atoms with van der Waals surface area (Å²) >= 11 is 1.09. The van der Waals surface area contributed by atoms with Crippen molar-refractivity contribution in [3.63, 3.8) is 0 Å². The van der Waals surface area contributed by atoms with E-state index >= 15 is 0 Å². The Labute approximate surface area is 124 Å². The summed E-state index contributed by atoms with van der Waals surface area (Å²) < 4.78 is 9.49. The van der Waals surface area contributed by atoms with Gasteiger partial charge in [-0.3, -0.25) is 0 Å². The number of nitrogens with zero attached hydrogens (tertiary/aromatic N) is 3. The van der Waals surface area contributed by atoms with E-state index in [2.05, 4.69) is 20.2 Å². The summed E-state index contributed by atoms with van der Waals surface area (Å²) in [6, 6.07) is 1.98. The third-order valence-electron chi connectivity index (χ3n) is 2.63. The SMILES string of the molecule is COC(=O)c1sc(NCCc2noc(C)n2)c(C#N)c1N. The molecule has 21 heavy (non-hydrogen) atoms. The van der Waals surface area contributed by atoms with Crippen LogP contribution in [0.3, 0.4) is 0 Å². The molecule has 0 bridgehead atoms. The van der Waals surface area contributed by atoms with Gasteiger partial charge in [-0.2, -0.15) is 10.2 Å². The molecule has 0 amide bonds. The number of nitriles is 1. The molecule has 0 unspecified atom stereocenters. The third kappa shape index (κ3) is 3.11. The first-order valence-electron chi connectivity index (χ1n) is 6.00. The maximum absolute atomic E-state index is 11.6. The lowest BCUT2D eigenvalue weighted by Gasteiger charge is -2.01. The van der Waals surface area contributed by atoms with Crippen molar-refractivity contribution in [3.8, 4) is 6.07 Å². The van der Waals surface area contributed by atoms with Crippen LogP contribution in [0.2, 0.25) is 0 Å². The van der Waals surface area contributed by atoms with Gasteiger partial charge in [0.2, 0.25) is 5.89 Å². The second-order valence-corrected chi connectivity index (χ2v) is 5.08. The van der Waals surface area contributed by atoms with Crippen molar-refractivity contribution < 1.29 is 14.1 Å². The Morgan fingerprint density at radius 3 is 2.95 bits per heavy atom. The predicted octanol–water partition coefficient (Wildman–Crippen LogP) is 1.33. The number of rotatable bonds is 5. The number of nitrogens with two attached hydrogens (primary N) is 1. The fourth-order valence-corrected chi connectivity index (χ4v) is 2.67. The van der Waals surface area contributed by atoms with Crippen LogP contribution >= 0.6 is 11.3 Å². The normalized spacial score (nSPS) is 10.1. The van der Waals surface area contributed by atoms with E-state index in [1.165, 1.54) is 7.11 Å². The van der Waals surface area contributed by atoms with E-state index in [0.29, 0.717) is 29.7 Å². The highest BCUT2D eigenvalue weighted by Crippen LogP contribution is 2.35. The smallest absolute Gasteiger partial charge is 0.350 e. The van der Waals surface area contributed by atoms with Crippen LogP contribution in [0.15, 0.2) is 4.52 Å². The van der Waals surface area contributed by atoms with Crippen LogP contribution in [0.5, 0.6) is 0 Å². The number of nitrogens with one attached hydrogen (secondary N) is 1. The van der Waals surface area contributed by atoms with E-state index in [9.17, 15) is 4.79 Å². The van der Waals surface area contributed by atoms with E-state index in [1.807, 2.05) is 6.07 Å². The average molecular weight is 307 g/mol. The van der Waals surface area contributed by atoms with E-state index in [-0.39, 0.29) is 16.1 Å². The molecule has 9 heteroatoms. The molecule has 0 aromatic carbocycles. The monoisotopic (exact) mass is 307 g/mol. The van der Waals surface area contributed by atoms with Gasteiger partial charge in [0.05, 0.1) is 12.8 Å². The van der Waals surface area contributed by atoms with E-state index in [1.54, 1.807) is 6.92 Å². The fraction of sp³-hybridized carbons (Fsp3) is 0.333. The zero-order valence-corrected chi connectivity index (χ0v) is 12.3. The van der Waals surface area contributed by atoms with Gasteiger partial charge in [0.15, 0.2) is 5.82 Å². The lowest BCUT2D eigenvalue weighted by molar-refractivity contribution is 0.0607. The highest BCUT2D eigenvalue weighted by molar-refractivity contribution is 7.18. The largest absolute Gasteiger partial charge is 0.465 e. The maximum Gasteiger partial charge on any atom is 0.350 e. The summed E-state index contributed by atoms with van der Waals surface area (Å²) in [7, 11) is 1.26. The first-order chi connectivity index (χ1) is 10.1. The van der Waals surface area contributed by atoms with Crippen molar-refractivity contribution in [1.29, 1.82) is 5.26 Å². The van der Waals surface area contributed by atoms with E-state index in [0.717, 1.165) is 11.3 Å². The number of methoxy groups -OCH3 is 1. The summed E-state index contributed by atoms with van der Waals surface area (Å²) in [6.07, 6.45) is 0.521. The molecule has 2 heterocycles. The van der Waals surface area contributed by atoms with E-state index < -0.39 is 5.97 Å². The number of anilines is 2. The third-order valence-corrected chi connectivity index (χ3v) is 3.77. The van der Waals surface area contributed by atoms with Crippen molar-refractivity contribution in [3.05, 3.63) is 22.2 Å². The number of nitrogen functional groups attached to an aromatic ring is 1. The van der Waals surface area contributed by atoms with Crippen molar-refractivity contribution >= 4 is 28.0 Å². The van der Waals surface area contributed by atoms with Gasteiger partial charge < -0.3 is 20.3 Å². The second-order valence-electron chi connectivity index (χ2n) is 4.06. The molecule has 0 aliphatic heterocycles. The van der Waals surface area contributed by atoms with Crippen LogP contribution in [-0.4, -0.2) is 29.8 Å². The van der Waals surface area contributed by atoms with Gasteiger partial charge in [0.25, 0.3) is 0 Å². The first kappa shape index (κ1) is 14.8. The van der Waals surface area contributed by atoms with Gasteiger partial charge in [-0.25, -0.2) is 4.79 Å². The molecular formula is C12H13N5O3S. The zero-order valence-electron chi connectivity index (χ0n) is 11.5. The maximum atomic E-state index is 11.6. The van der Waals surface area contributed by atoms with Gasteiger partial charge in [0.1, 0.15) is 21.5 Å². The number of hydrogen-bond acceptors (Lipinski definition) is 9. The van der Waals surface area contributed by atoms with E-state index in [4.69, 9.17) is 15.5 Å². The minimum Gasteiger partial charge on any atom is -0.465 e. The van der Waals surface area contributed by atoms with Crippen LogP contribution in [0, 0.1) is 18.3 Å². The van der Waals surface area contributed by atoms with Crippen molar-refractivity contribution in [2.24, 2.45) is 0 Å². The standard InChI is InChI=1S/C12H13N5O3S/c1-6-16-8(17-20-6)3-4-15-11-7(5-13)9(14)10(21-11)12(18)19-2/h15H,3-4,14H2,1-2H3. The van der Waals surface area contributed by atoms with Crippen LogP contribution in [0.1, 0.15) is 27.0 Å². The van der Waals surface area contributed by atoms with Crippen molar-refractivity contribution in [2.45, 2.75) is 13.3 Å². The van der Waals surface area contributed by atoms with Crippen LogP contribution in [-0.2, 0) is 11.2 Å². The Morgan fingerprint density at radius 1 is 1.62 bits per heavy atom. The molecule has 0 fully saturated rings. The summed E-state index contributed by atoms with van der Waals surface area (Å²) in [5, 5.41) is 16.5. The van der Waals surface area contributed by atoms with Gasteiger partial charge in [0, 0.05) is 19.9 Å². The molecule has 0 spiro atoms. The van der Waals surface area contributed by atoms with Crippen LogP contribution in [0.25, 0.3) is 0 Å². The number of aromatic nitrogens is 2. The summed E-state index contributed by atoms with van der Waals surface area (Å²) in [4.78, 5) is 15.8. The zero-order chi connectivity index (χ0) is 15.4. The Bertz CT molecular complexity index is 700. The summed E-state index contributed by atoms with van der Waals surface area (Å²) in [6.45, 7) is 2.19. The number of carbonyl (C=O) groups excluding carboxylic acids is 1. The average Bonchev–Trinajstić information content (AvgIpc) is 3.02. The highest BCUT2D eigenvalue weighted by Gasteiger charge is 2.21. The fourth-order valence-electron chi connectivity index (χ4n) is 1.65. The van der Waals surface area contributed by atoms with Crippen LogP contribution < -0.4 is 11.1 Å². The lowest BCUT2D eigenvalue weighted by atomic mass is 10.2. The molecule has 8 nitrogen and oxygen atoms in total. The molecule has 0 saturated heterocycles. The number of aryl methyl sites for hydroxylation is 1. The minimum atomic E-state index is -0.559. The topological polar surface area (TPSA) is 127 Å². The number of ether oxygens (including phenoxy) is 1. The Kier molecular flexibility index (Phi) is 4.39. The molecule has 3 N–H and O–H groups in total. The molecule has 2 aromatic rings. The minimum absolute atomic E-state index is 0.132. The number of esters is 1. The molecule has 0 radical (unpaired) electrons. The molecule has 0 atom stereocenters. The quantitative estimate of drug-likeness (QED) is 0.792.